The van der Waals surface area contributed by atoms with Crippen LogP contribution in [0.4, 0.5) is 0 Å². The zero-order valence-corrected chi connectivity index (χ0v) is 11.6. The molecule has 0 aliphatic carbocycles. The maximum Gasteiger partial charge on any atom is 0.122 e. The Hall–Kier alpha value is -0.800. The smallest absolute Gasteiger partial charge is 0.122 e. The van der Waals surface area contributed by atoms with Gasteiger partial charge in [0, 0.05) is 12.6 Å². The Labute approximate surface area is 105 Å². The van der Waals surface area contributed by atoms with Crippen LogP contribution in [0.2, 0.25) is 0 Å². The highest BCUT2D eigenvalue weighted by Gasteiger charge is 2.17. The van der Waals surface area contributed by atoms with Gasteiger partial charge in [-0.2, -0.15) is 0 Å². The molecule has 0 saturated heterocycles. The maximum absolute atomic E-state index is 5.49. The molecule has 98 valence electrons. The van der Waals surface area contributed by atoms with Gasteiger partial charge in [-0.1, -0.05) is 19.8 Å². The predicted octanol–water partition coefficient (Wildman–Crippen LogP) is 3.05. The molecule has 1 rings (SSSR count). The molecule has 0 bridgehead atoms. The highest BCUT2D eigenvalue weighted by Crippen LogP contribution is 2.17. The van der Waals surface area contributed by atoms with Crippen LogP contribution < -0.4 is 5.32 Å². The molecule has 1 aromatic rings. The Morgan fingerprint density at radius 3 is 2.71 bits per heavy atom. The molecule has 0 fully saturated rings. The molecule has 3 nitrogen and oxygen atoms in total. The number of hydrogen-bond donors (Lipinski definition) is 1. The summed E-state index contributed by atoms with van der Waals surface area (Å²) in [5, 5.41) is 3.59. The lowest BCUT2D eigenvalue weighted by Gasteiger charge is -2.24. The van der Waals surface area contributed by atoms with E-state index >= 15 is 0 Å². The van der Waals surface area contributed by atoms with Gasteiger partial charge in [-0.15, -0.1) is 0 Å². The fourth-order valence-corrected chi connectivity index (χ4v) is 1.94. The number of nitrogens with zero attached hydrogens (tertiary/aromatic N) is 1. The van der Waals surface area contributed by atoms with Gasteiger partial charge in [0.05, 0.1) is 12.3 Å². The molecule has 0 aromatic carbocycles. The molecule has 2 atom stereocenters. The second-order valence-corrected chi connectivity index (χ2v) is 4.95. The van der Waals surface area contributed by atoms with Crippen LogP contribution in [0.5, 0.6) is 0 Å². The summed E-state index contributed by atoms with van der Waals surface area (Å²) >= 11 is 0. The number of nitrogens with one attached hydrogen (secondary N) is 1. The molecule has 0 radical (unpaired) electrons. The van der Waals surface area contributed by atoms with Crippen molar-refractivity contribution in [3.05, 3.63) is 24.2 Å². The number of hydrogen-bond acceptors (Lipinski definition) is 3. The molecule has 1 heterocycles. The van der Waals surface area contributed by atoms with E-state index in [0.717, 1.165) is 12.3 Å². The van der Waals surface area contributed by atoms with Crippen molar-refractivity contribution in [3.63, 3.8) is 0 Å². The first-order chi connectivity index (χ1) is 8.15. The summed E-state index contributed by atoms with van der Waals surface area (Å²) in [4.78, 5) is 2.19. The quantitative estimate of drug-likeness (QED) is 0.754. The van der Waals surface area contributed by atoms with E-state index in [0.29, 0.717) is 12.1 Å². The fourth-order valence-electron chi connectivity index (χ4n) is 1.94. The highest BCUT2D eigenvalue weighted by molar-refractivity contribution is 5.05. The third kappa shape index (κ3) is 4.92. The number of unbranched alkanes of at least 4 members (excludes halogenated alkanes) is 1. The van der Waals surface area contributed by atoms with Crippen LogP contribution in [0.25, 0.3) is 0 Å². The van der Waals surface area contributed by atoms with Crippen molar-refractivity contribution >= 4 is 0 Å². The molecule has 2 unspecified atom stereocenters. The summed E-state index contributed by atoms with van der Waals surface area (Å²) in [6, 6.07) is 4.89. The second kappa shape index (κ2) is 7.51. The van der Waals surface area contributed by atoms with Crippen LogP contribution in [0.3, 0.4) is 0 Å². The SMILES string of the molecule is CCCCC(C)NCC(c1ccco1)N(C)C. The van der Waals surface area contributed by atoms with Gasteiger partial charge in [-0.05, 0) is 39.6 Å². The van der Waals surface area contributed by atoms with Gasteiger partial charge >= 0.3 is 0 Å². The average molecular weight is 238 g/mol. The lowest BCUT2D eigenvalue weighted by atomic mass is 10.1. The summed E-state index contributed by atoms with van der Waals surface area (Å²) < 4.78 is 5.49. The topological polar surface area (TPSA) is 28.4 Å². The maximum atomic E-state index is 5.49. The number of furan rings is 1. The normalized spacial score (nSPS) is 15.1. The van der Waals surface area contributed by atoms with E-state index in [9.17, 15) is 0 Å². The lowest BCUT2D eigenvalue weighted by molar-refractivity contribution is 0.243. The zero-order chi connectivity index (χ0) is 12.7. The van der Waals surface area contributed by atoms with Crippen molar-refractivity contribution < 1.29 is 4.42 Å². The minimum absolute atomic E-state index is 0.314. The van der Waals surface area contributed by atoms with Crippen LogP contribution in [0, 0.1) is 0 Å². The number of likely N-dealkylation sites (N-methyl/N-ethyl adjacent to an activating group) is 1. The van der Waals surface area contributed by atoms with Gasteiger partial charge in [0.25, 0.3) is 0 Å². The van der Waals surface area contributed by atoms with Gasteiger partial charge in [0.15, 0.2) is 0 Å². The summed E-state index contributed by atoms with van der Waals surface area (Å²) in [6.45, 7) is 5.42. The molecular formula is C14H26N2O. The molecule has 3 heteroatoms. The third-order valence-electron chi connectivity index (χ3n) is 3.15. The van der Waals surface area contributed by atoms with E-state index in [1.807, 2.05) is 12.1 Å². The van der Waals surface area contributed by atoms with Gasteiger partial charge in [-0.3, -0.25) is 4.90 Å². The lowest BCUT2D eigenvalue weighted by Crippen LogP contribution is -2.35. The molecule has 17 heavy (non-hydrogen) atoms. The Kier molecular flexibility index (Phi) is 6.30. The summed E-state index contributed by atoms with van der Waals surface area (Å²) in [7, 11) is 4.18. The second-order valence-electron chi connectivity index (χ2n) is 4.95. The van der Waals surface area contributed by atoms with Gasteiger partial charge in [0.1, 0.15) is 5.76 Å². The molecular weight excluding hydrogens is 212 g/mol. The van der Waals surface area contributed by atoms with Crippen LogP contribution in [0.1, 0.15) is 44.9 Å². The Balaban J connectivity index is 2.40. The summed E-state index contributed by atoms with van der Waals surface area (Å²) in [5.74, 6) is 1.03. The molecule has 0 aliphatic rings. The van der Waals surface area contributed by atoms with Crippen LogP contribution in [-0.2, 0) is 0 Å². The molecule has 0 amide bonds. The van der Waals surface area contributed by atoms with E-state index in [4.69, 9.17) is 4.42 Å². The van der Waals surface area contributed by atoms with Crippen LogP contribution in [0.15, 0.2) is 22.8 Å². The van der Waals surface area contributed by atoms with Crippen molar-refractivity contribution in [2.24, 2.45) is 0 Å². The first-order valence-electron chi connectivity index (χ1n) is 6.58. The molecule has 1 aromatic heterocycles. The van der Waals surface area contributed by atoms with Gasteiger partial charge in [-0.25, -0.2) is 0 Å². The summed E-state index contributed by atoms with van der Waals surface area (Å²) in [5.41, 5.74) is 0. The fraction of sp³-hybridized carbons (Fsp3) is 0.714. The first kappa shape index (κ1) is 14.3. The van der Waals surface area contributed by atoms with E-state index < -0.39 is 0 Å². The van der Waals surface area contributed by atoms with Crippen LogP contribution in [-0.4, -0.2) is 31.6 Å². The van der Waals surface area contributed by atoms with Crippen molar-refractivity contribution in [3.8, 4) is 0 Å². The van der Waals surface area contributed by atoms with Crippen molar-refractivity contribution in [2.45, 2.75) is 45.2 Å². The predicted molar refractivity (Wildman–Crippen MR) is 72.1 cm³/mol. The molecule has 0 spiro atoms. The largest absolute Gasteiger partial charge is 0.468 e. The Morgan fingerprint density at radius 1 is 1.41 bits per heavy atom. The Bertz CT molecular complexity index is 282. The Morgan fingerprint density at radius 2 is 2.18 bits per heavy atom. The summed E-state index contributed by atoms with van der Waals surface area (Å²) in [6.07, 6.45) is 5.55. The molecule has 0 aliphatic heterocycles. The monoisotopic (exact) mass is 238 g/mol. The zero-order valence-electron chi connectivity index (χ0n) is 11.6. The minimum atomic E-state index is 0.314. The van der Waals surface area contributed by atoms with Crippen LogP contribution >= 0.6 is 0 Å². The first-order valence-corrected chi connectivity index (χ1v) is 6.58. The molecule has 0 saturated carbocycles. The highest BCUT2D eigenvalue weighted by atomic mass is 16.3. The van der Waals surface area contributed by atoms with Crippen molar-refractivity contribution in [1.29, 1.82) is 0 Å². The number of rotatable bonds is 8. The third-order valence-corrected chi connectivity index (χ3v) is 3.15. The van der Waals surface area contributed by atoms with Gasteiger partial charge < -0.3 is 9.73 Å². The van der Waals surface area contributed by atoms with Gasteiger partial charge in [0.2, 0.25) is 0 Å². The van der Waals surface area contributed by atoms with Crippen molar-refractivity contribution in [2.75, 3.05) is 20.6 Å². The molecule has 1 N–H and O–H groups in total. The van der Waals surface area contributed by atoms with Crippen molar-refractivity contribution in [1.82, 2.24) is 10.2 Å². The van der Waals surface area contributed by atoms with E-state index in [2.05, 4.69) is 38.2 Å². The average Bonchev–Trinajstić information content (AvgIpc) is 2.79. The van der Waals surface area contributed by atoms with E-state index in [-0.39, 0.29) is 0 Å². The van der Waals surface area contributed by atoms with E-state index in [1.54, 1.807) is 6.26 Å². The standard InChI is InChI=1S/C14H26N2O/c1-5-6-8-12(2)15-11-13(16(3)4)14-9-7-10-17-14/h7,9-10,12-13,15H,5-6,8,11H2,1-4H3. The minimum Gasteiger partial charge on any atom is -0.468 e. The van der Waals surface area contributed by atoms with E-state index in [1.165, 1.54) is 19.3 Å².